The summed E-state index contributed by atoms with van der Waals surface area (Å²) in [5.41, 5.74) is 4.65. The van der Waals surface area contributed by atoms with Crippen molar-refractivity contribution in [1.82, 2.24) is 14.5 Å². The highest BCUT2D eigenvalue weighted by Gasteiger charge is 2.24. The van der Waals surface area contributed by atoms with E-state index in [0.717, 1.165) is 17.7 Å². The van der Waals surface area contributed by atoms with E-state index in [9.17, 15) is 0 Å². The van der Waals surface area contributed by atoms with Crippen LogP contribution in [0, 0.1) is 6.92 Å². The Balaban J connectivity index is 1.62. The Bertz CT molecular complexity index is 786. The molecule has 3 aromatic rings. The maximum Gasteiger partial charge on any atom is 0.0951 e. The van der Waals surface area contributed by atoms with E-state index < -0.39 is 0 Å². The van der Waals surface area contributed by atoms with E-state index in [1.54, 1.807) is 0 Å². The zero-order valence-corrected chi connectivity index (χ0v) is 12.1. The standard InChI is InChI=1S/C17H18N4/c1-12-4-7-16(15-3-2-8-19-17(12)15)20-10-14-9-18-11-21(14)13-5-6-13/h2-4,7-9,11,13,20H,5-6,10H2,1H3. The van der Waals surface area contributed by atoms with E-state index in [-0.39, 0.29) is 0 Å². The van der Waals surface area contributed by atoms with Crippen molar-refractivity contribution in [3.05, 3.63) is 54.2 Å². The first-order valence-electron chi connectivity index (χ1n) is 7.42. The third-order valence-corrected chi connectivity index (χ3v) is 4.12. The van der Waals surface area contributed by atoms with Crippen molar-refractivity contribution < 1.29 is 0 Å². The molecule has 0 radical (unpaired) electrons. The molecule has 4 rings (SSSR count). The third kappa shape index (κ3) is 2.27. The summed E-state index contributed by atoms with van der Waals surface area (Å²) < 4.78 is 2.29. The highest BCUT2D eigenvalue weighted by Crippen LogP contribution is 2.35. The first-order valence-corrected chi connectivity index (χ1v) is 7.42. The lowest BCUT2D eigenvalue weighted by Gasteiger charge is -2.12. The summed E-state index contributed by atoms with van der Waals surface area (Å²) in [4.78, 5) is 8.77. The summed E-state index contributed by atoms with van der Waals surface area (Å²) in [6, 6.07) is 9.03. The molecule has 0 aliphatic heterocycles. The molecule has 1 aliphatic rings. The number of nitrogens with zero attached hydrogens (tertiary/aromatic N) is 3. The van der Waals surface area contributed by atoms with Crippen LogP contribution in [0.2, 0.25) is 0 Å². The Labute approximate surface area is 123 Å². The lowest BCUT2D eigenvalue weighted by molar-refractivity contribution is 0.701. The van der Waals surface area contributed by atoms with Gasteiger partial charge >= 0.3 is 0 Å². The smallest absolute Gasteiger partial charge is 0.0951 e. The summed E-state index contributed by atoms with van der Waals surface area (Å²) in [5.74, 6) is 0. The van der Waals surface area contributed by atoms with Crippen molar-refractivity contribution in [2.75, 3.05) is 5.32 Å². The first-order chi connectivity index (χ1) is 10.3. The van der Waals surface area contributed by atoms with Gasteiger partial charge in [-0.15, -0.1) is 0 Å². The average Bonchev–Trinajstić information content (AvgIpc) is 3.26. The highest BCUT2D eigenvalue weighted by atomic mass is 15.1. The molecule has 1 aliphatic carbocycles. The summed E-state index contributed by atoms with van der Waals surface area (Å²) >= 11 is 0. The average molecular weight is 278 g/mol. The van der Waals surface area contributed by atoms with Gasteiger partial charge in [-0.2, -0.15) is 0 Å². The summed E-state index contributed by atoms with van der Waals surface area (Å²) in [6.07, 6.45) is 8.31. The molecule has 1 aromatic carbocycles. The van der Waals surface area contributed by atoms with Crippen molar-refractivity contribution in [2.45, 2.75) is 32.4 Å². The van der Waals surface area contributed by atoms with Crippen molar-refractivity contribution in [3.8, 4) is 0 Å². The Morgan fingerprint density at radius 3 is 3.05 bits per heavy atom. The van der Waals surface area contributed by atoms with E-state index >= 15 is 0 Å². The van der Waals surface area contributed by atoms with Crippen LogP contribution in [0.25, 0.3) is 10.9 Å². The predicted octanol–water partition coefficient (Wildman–Crippen LogP) is 3.69. The molecule has 2 heterocycles. The van der Waals surface area contributed by atoms with Gasteiger partial charge in [0.15, 0.2) is 0 Å². The molecule has 1 N–H and O–H groups in total. The van der Waals surface area contributed by atoms with Crippen LogP contribution < -0.4 is 5.32 Å². The number of fused-ring (bicyclic) bond motifs is 1. The molecule has 0 bridgehead atoms. The Kier molecular flexibility index (Phi) is 2.88. The van der Waals surface area contributed by atoms with Crippen molar-refractivity contribution >= 4 is 16.6 Å². The van der Waals surface area contributed by atoms with E-state index in [1.165, 1.54) is 29.5 Å². The van der Waals surface area contributed by atoms with Gasteiger partial charge in [0, 0.05) is 29.5 Å². The number of imidazole rings is 1. The van der Waals surface area contributed by atoms with E-state index in [2.05, 4.69) is 45.0 Å². The lowest BCUT2D eigenvalue weighted by Crippen LogP contribution is -2.06. The molecular formula is C17H18N4. The third-order valence-electron chi connectivity index (χ3n) is 4.12. The van der Waals surface area contributed by atoms with Gasteiger partial charge in [0.25, 0.3) is 0 Å². The Hall–Kier alpha value is -2.36. The number of hydrogen-bond acceptors (Lipinski definition) is 3. The molecule has 1 saturated carbocycles. The van der Waals surface area contributed by atoms with Gasteiger partial charge in [-0.05, 0) is 43.5 Å². The molecule has 0 atom stereocenters. The van der Waals surface area contributed by atoms with Gasteiger partial charge in [0.1, 0.15) is 0 Å². The molecule has 21 heavy (non-hydrogen) atoms. The number of aromatic nitrogens is 3. The normalized spacial score (nSPS) is 14.5. The molecule has 0 amide bonds. The van der Waals surface area contributed by atoms with Crippen LogP contribution in [0.4, 0.5) is 5.69 Å². The second kappa shape index (κ2) is 4.88. The molecule has 0 saturated heterocycles. The van der Waals surface area contributed by atoms with E-state index in [0.29, 0.717) is 6.04 Å². The maximum atomic E-state index is 4.48. The van der Waals surface area contributed by atoms with Crippen molar-refractivity contribution in [1.29, 1.82) is 0 Å². The SMILES string of the molecule is Cc1ccc(NCc2cncn2C2CC2)c2cccnc12. The van der Waals surface area contributed by atoms with E-state index in [4.69, 9.17) is 0 Å². The van der Waals surface area contributed by atoms with Gasteiger partial charge in [-0.25, -0.2) is 4.98 Å². The summed E-state index contributed by atoms with van der Waals surface area (Å²) in [6.45, 7) is 2.89. The van der Waals surface area contributed by atoms with Gasteiger partial charge in [0.05, 0.1) is 24.1 Å². The Morgan fingerprint density at radius 2 is 2.19 bits per heavy atom. The van der Waals surface area contributed by atoms with Gasteiger partial charge in [0.2, 0.25) is 0 Å². The van der Waals surface area contributed by atoms with Gasteiger partial charge in [-0.1, -0.05) is 6.07 Å². The minimum Gasteiger partial charge on any atom is -0.379 e. The summed E-state index contributed by atoms with van der Waals surface area (Å²) in [7, 11) is 0. The van der Waals surface area contributed by atoms with Crippen LogP contribution >= 0.6 is 0 Å². The van der Waals surface area contributed by atoms with Gasteiger partial charge < -0.3 is 9.88 Å². The Morgan fingerprint density at radius 1 is 1.29 bits per heavy atom. The summed E-state index contributed by atoms with van der Waals surface area (Å²) in [5, 5.41) is 4.72. The fourth-order valence-corrected chi connectivity index (χ4v) is 2.80. The van der Waals surface area contributed by atoms with Crippen LogP contribution in [0.15, 0.2) is 43.0 Å². The number of rotatable bonds is 4. The number of pyridine rings is 1. The predicted molar refractivity (Wildman–Crippen MR) is 84.3 cm³/mol. The second-order valence-corrected chi connectivity index (χ2v) is 5.71. The highest BCUT2D eigenvalue weighted by molar-refractivity contribution is 5.93. The molecule has 0 unspecified atom stereocenters. The topological polar surface area (TPSA) is 42.7 Å². The van der Waals surface area contributed by atoms with Crippen LogP contribution in [-0.4, -0.2) is 14.5 Å². The van der Waals surface area contributed by atoms with Crippen LogP contribution in [0.5, 0.6) is 0 Å². The number of hydrogen-bond donors (Lipinski definition) is 1. The minimum absolute atomic E-state index is 0.667. The molecule has 106 valence electrons. The number of nitrogens with one attached hydrogen (secondary N) is 1. The zero-order valence-electron chi connectivity index (χ0n) is 12.1. The molecule has 0 spiro atoms. The lowest BCUT2D eigenvalue weighted by atomic mass is 10.1. The fraction of sp³-hybridized carbons (Fsp3) is 0.294. The zero-order chi connectivity index (χ0) is 14.2. The molecule has 2 aromatic heterocycles. The first kappa shape index (κ1) is 12.4. The van der Waals surface area contributed by atoms with Crippen LogP contribution in [0.3, 0.4) is 0 Å². The monoisotopic (exact) mass is 278 g/mol. The fourth-order valence-electron chi connectivity index (χ4n) is 2.80. The van der Waals surface area contributed by atoms with Crippen LogP contribution in [-0.2, 0) is 6.54 Å². The minimum atomic E-state index is 0.667. The second-order valence-electron chi connectivity index (χ2n) is 5.71. The largest absolute Gasteiger partial charge is 0.379 e. The van der Waals surface area contributed by atoms with Crippen molar-refractivity contribution in [3.63, 3.8) is 0 Å². The molecule has 4 heteroatoms. The quantitative estimate of drug-likeness (QED) is 0.791. The molecule has 1 fully saturated rings. The van der Waals surface area contributed by atoms with E-state index in [1.807, 2.05) is 24.8 Å². The van der Waals surface area contributed by atoms with Gasteiger partial charge in [-0.3, -0.25) is 4.98 Å². The number of aryl methyl sites for hydroxylation is 1. The maximum absolute atomic E-state index is 4.48. The molecular weight excluding hydrogens is 260 g/mol. The number of benzene rings is 1. The molecule has 4 nitrogen and oxygen atoms in total. The van der Waals surface area contributed by atoms with Crippen LogP contribution in [0.1, 0.15) is 30.1 Å². The van der Waals surface area contributed by atoms with Crippen molar-refractivity contribution in [2.24, 2.45) is 0 Å². The number of anilines is 1.